The molecule has 2 N–H and O–H groups in total. The number of fused-ring (bicyclic) bond motifs is 1. The predicted octanol–water partition coefficient (Wildman–Crippen LogP) is 3.95. The van der Waals surface area contributed by atoms with E-state index in [2.05, 4.69) is 37.3 Å². The molecule has 6 nitrogen and oxygen atoms in total. The van der Waals surface area contributed by atoms with E-state index >= 15 is 0 Å². The third kappa shape index (κ3) is 3.22. The van der Waals surface area contributed by atoms with Gasteiger partial charge >= 0.3 is 0 Å². The number of aromatic amines is 1. The number of nitrogens with zero attached hydrogens (tertiary/aromatic N) is 2. The average molecular weight is 367 g/mol. The number of halogens is 1. The van der Waals surface area contributed by atoms with Crippen molar-refractivity contribution in [3.63, 3.8) is 0 Å². The molecule has 2 aromatic heterocycles. The number of anilines is 1. The van der Waals surface area contributed by atoms with Crippen molar-refractivity contribution in [2.24, 2.45) is 0 Å². The van der Waals surface area contributed by atoms with Crippen molar-refractivity contribution >= 4 is 49.9 Å². The molecule has 0 unspecified atom stereocenters. The van der Waals surface area contributed by atoms with Crippen LogP contribution in [0.25, 0.3) is 11.0 Å². The van der Waals surface area contributed by atoms with Crippen LogP contribution in [0, 0.1) is 10.1 Å². The van der Waals surface area contributed by atoms with Crippen molar-refractivity contribution < 1.29 is 4.92 Å². The lowest BCUT2D eigenvalue weighted by Crippen LogP contribution is -2.04. The highest BCUT2D eigenvalue weighted by Gasteiger charge is 2.09. The topological polar surface area (TPSA) is 83.8 Å². The summed E-state index contributed by atoms with van der Waals surface area (Å²) in [4.78, 5) is 19.0. The maximum absolute atomic E-state index is 10.7. The first-order chi connectivity index (χ1) is 10.1. The van der Waals surface area contributed by atoms with E-state index in [4.69, 9.17) is 0 Å². The summed E-state index contributed by atoms with van der Waals surface area (Å²) in [5.41, 5.74) is 1.42. The predicted molar refractivity (Wildman–Crippen MR) is 87.0 cm³/mol. The van der Waals surface area contributed by atoms with E-state index in [9.17, 15) is 10.1 Å². The number of hydrogen-bond acceptors (Lipinski definition) is 5. The lowest BCUT2D eigenvalue weighted by molar-refractivity contribution is -0.384. The Kier molecular flexibility index (Phi) is 3.89. The van der Waals surface area contributed by atoms with Gasteiger partial charge in [-0.15, -0.1) is 11.3 Å². The van der Waals surface area contributed by atoms with Gasteiger partial charge in [0.15, 0.2) is 0 Å². The van der Waals surface area contributed by atoms with E-state index in [1.807, 2.05) is 6.07 Å². The fraction of sp³-hybridized carbons (Fsp3) is 0.154. The van der Waals surface area contributed by atoms with Gasteiger partial charge in [0.2, 0.25) is 5.95 Å². The SMILES string of the molecule is O=[N+]([O-])c1ccc2nc(NCCc3ccc(Br)s3)[nH]c2c1. The minimum atomic E-state index is -0.415. The molecule has 0 amide bonds. The molecule has 0 bridgehead atoms. The maximum Gasteiger partial charge on any atom is 0.271 e. The molecule has 0 spiro atoms. The molecule has 0 saturated carbocycles. The van der Waals surface area contributed by atoms with E-state index in [1.165, 1.54) is 17.0 Å². The summed E-state index contributed by atoms with van der Waals surface area (Å²) >= 11 is 5.14. The van der Waals surface area contributed by atoms with Gasteiger partial charge in [0.1, 0.15) is 0 Å². The number of H-pyrrole nitrogens is 1. The van der Waals surface area contributed by atoms with Gasteiger partial charge in [0, 0.05) is 23.6 Å². The Morgan fingerprint density at radius 3 is 2.95 bits per heavy atom. The lowest BCUT2D eigenvalue weighted by Gasteiger charge is -2.00. The summed E-state index contributed by atoms with van der Waals surface area (Å²) in [6.07, 6.45) is 0.896. The van der Waals surface area contributed by atoms with Gasteiger partial charge in [-0.3, -0.25) is 10.1 Å². The number of nitro groups is 1. The Hall–Kier alpha value is -1.93. The number of hydrogen-bond donors (Lipinski definition) is 2. The van der Waals surface area contributed by atoms with Crippen molar-refractivity contribution in [2.45, 2.75) is 6.42 Å². The van der Waals surface area contributed by atoms with Gasteiger partial charge < -0.3 is 10.3 Å². The Labute approximate surface area is 132 Å². The minimum absolute atomic E-state index is 0.0566. The first-order valence-electron chi connectivity index (χ1n) is 6.24. The van der Waals surface area contributed by atoms with Gasteiger partial charge in [0.25, 0.3) is 5.69 Å². The Balaban J connectivity index is 1.68. The number of aromatic nitrogens is 2. The Morgan fingerprint density at radius 1 is 1.38 bits per heavy atom. The van der Waals surface area contributed by atoms with E-state index < -0.39 is 4.92 Å². The number of imidazole rings is 1. The molecule has 3 rings (SSSR count). The quantitative estimate of drug-likeness (QED) is 0.528. The van der Waals surface area contributed by atoms with Crippen LogP contribution in [-0.4, -0.2) is 21.4 Å². The van der Waals surface area contributed by atoms with Crippen LogP contribution < -0.4 is 5.32 Å². The molecular formula is C13H11BrN4O2S. The molecule has 21 heavy (non-hydrogen) atoms. The zero-order valence-corrected chi connectivity index (χ0v) is 13.2. The molecule has 108 valence electrons. The molecule has 0 aliphatic heterocycles. The monoisotopic (exact) mass is 366 g/mol. The molecule has 0 aliphatic carbocycles. The van der Waals surface area contributed by atoms with Gasteiger partial charge in [-0.1, -0.05) is 0 Å². The Bertz CT molecular complexity index is 798. The molecule has 0 atom stereocenters. The number of nitrogens with one attached hydrogen (secondary N) is 2. The van der Waals surface area contributed by atoms with Crippen molar-refractivity contribution in [1.82, 2.24) is 9.97 Å². The number of nitro benzene ring substituents is 1. The third-order valence-corrected chi connectivity index (χ3v) is 4.65. The first kappa shape index (κ1) is 14.0. The Morgan fingerprint density at radius 2 is 2.24 bits per heavy atom. The first-order valence-corrected chi connectivity index (χ1v) is 7.85. The van der Waals surface area contributed by atoms with Gasteiger partial charge in [0.05, 0.1) is 19.7 Å². The van der Waals surface area contributed by atoms with Gasteiger partial charge in [-0.25, -0.2) is 4.98 Å². The van der Waals surface area contributed by atoms with Gasteiger partial charge in [-0.05, 0) is 40.5 Å². The van der Waals surface area contributed by atoms with E-state index in [1.54, 1.807) is 17.4 Å². The van der Waals surface area contributed by atoms with E-state index in [0.29, 0.717) is 17.0 Å². The minimum Gasteiger partial charge on any atom is -0.355 e. The van der Waals surface area contributed by atoms with Crippen LogP contribution in [0.4, 0.5) is 11.6 Å². The second-order valence-electron chi connectivity index (χ2n) is 4.43. The van der Waals surface area contributed by atoms with Crippen molar-refractivity contribution in [3.8, 4) is 0 Å². The van der Waals surface area contributed by atoms with Crippen molar-refractivity contribution in [1.29, 1.82) is 0 Å². The molecule has 0 fully saturated rings. The fourth-order valence-electron chi connectivity index (χ4n) is 1.99. The summed E-state index contributed by atoms with van der Waals surface area (Å²) in [7, 11) is 0. The summed E-state index contributed by atoms with van der Waals surface area (Å²) in [5.74, 6) is 0.626. The second-order valence-corrected chi connectivity index (χ2v) is 6.97. The molecule has 8 heteroatoms. The number of benzene rings is 1. The molecule has 0 radical (unpaired) electrons. The summed E-state index contributed by atoms with van der Waals surface area (Å²) in [6.45, 7) is 0.745. The lowest BCUT2D eigenvalue weighted by atomic mass is 10.3. The number of non-ortho nitro benzene ring substituents is 1. The average Bonchev–Trinajstić information content (AvgIpc) is 3.03. The largest absolute Gasteiger partial charge is 0.355 e. The van der Waals surface area contributed by atoms with Crippen LogP contribution >= 0.6 is 27.3 Å². The van der Waals surface area contributed by atoms with Crippen molar-refractivity contribution in [2.75, 3.05) is 11.9 Å². The number of rotatable bonds is 5. The zero-order valence-electron chi connectivity index (χ0n) is 10.8. The van der Waals surface area contributed by atoms with Crippen LogP contribution in [0.2, 0.25) is 0 Å². The molecule has 1 aromatic carbocycles. The summed E-state index contributed by atoms with van der Waals surface area (Å²) in [5, 5.41) is 13.9. The van der Waals surface area contributed by atoms with Crippen LogP contribution in [-0.2, 0) is 6.42 Å². The third-order valence-electron chi connectivity index (χ3n) is 2.97. The molecular weight excluding hydrogens is 356 g/mol. The molecule has 2 heterocycles. The normalized spacial score (nSPS) is 10.9. The molecule has 3 aromatic rings. The summed E-state index contributed by atoms with van der Waals surface area (Å²) < 4.78 is 1.12. The van der Waals surface area contributed by atoms with Gasteiger partial charge in [-0.2, -0.15) is 0 Å². The highest BCUT2D eigenvalue weighted by molar-refractivity contribution is 9.11. The summed E-state index contributed by atoms with van der Waals surface area (Å²) in [6, 6.07) is 8.70. The smallest absolute Gasteiger partial charge is 0.271 e. The van der Waals surface area contributed by atoms with Crippen LogP contribution in [0.3, 0.4) is 0 Å². The standard InChI is InChI=1S/C13H11BrN4O2S/c14-12-4-2-9(21-12)5-6-15-13-16-10-3-1-8(18(19)20)7-11(10)17-13/h1-4,7H,5-6H2,(H2,15,16,17). The highest BCUT2D eigenvalue weighted by atomic mass is 79.9. The van der Waals surface area contributed by atoms with Crippen molar-refractivity contribution in [3.05, 3.63) is 49.1 Å². The fourth-order valence-corrected chi connectivity index (χ4v) is 3.47. The van der Waals surface area contributed by atoms with E-state index in [0.717, 1.165) is 16.8 Å². The second kappa shape index (κ2) is 5.82. The van der Waals surface area contributed by atoms with E-state index in [-0.39, 0.29) is 5.69 Å². The van der Waals surface area contributed by atoms with Crippen LogP contribution in [0.15, 0.2) is 34.1 Å². The zero-order chi connectivity index (χ0) is 14.8. The highest BCUT2D eigenvalue weighted by Crippen LogP contribution is 2.23. The molecule has 0 saturated heterocycles. The number of thiophene rings is 1. The van der Waals surface area contributed by atoms with Crippen LogP contribution in [0.1, 0.15) is 4.88 Å². The maximum atomic E-state index is 10.7. The molecule has 0 aliphatic rings. The van der Waals surface area contributed by atoms with Crippen LogP contribution in [0.5, 0.6) is 0 Å².